The van der Waals surface area contributed by atoms with Gasteiger partial charge in [-0.15, -0.1) is 0 Å². The van der Waals surface area contributed by atoms with Crippen molar-refractivity contribution >= 4 is 15.8 Å². The number of benzene rings is 2. The highest BCUT2D eigenvalue weighted by atomic mass is 32.2. The first-order valence-corrected chi connectivity index (χ1v) is 11.6. The summed E-state index contributed by atoms with van der Waals surface area (Å²) in [6.45, 7) is 5.39. The number of aliphatic hydroxyl groups excluding tert-OH is 1. The summed E-state index contributed by atoms with van der Waals surface area (Å²) < 4.78 is 29.7. The summed E-state index contributed by atoms with van der Waals surface area (Å²) in [5.41, 5.74) is 4.08. The normalized spacial score (nSPS) is 11.6. The highest BCUT2D eigenvalue weighted by molar-refractivity contribution is 7.90. The molecule has 32 heavy (non-hydrogen) atoms. The van der Waals surface area contributed by atoms with Gasteiger partial charge >= 0.3 is 0 Å². The monoisotopic (exact) mass is 448 g/mol. The van der Waals surface area contributed by atoms with Crippen molar-refractivity contribution in [3.63, 3.8) is 0 Å². The van der Waals surface area contributed by atoms with Gasteiger partial charge in [0.1, 0.15) is 5.69 Å². The summed E-state index contributed by atoms with van der Waals surface area (Å²) in [7, 11) is -4.03. The van der Waals surface area contributed by atoms with Crippen LogP contribution in [0.15, 0.2) is 78.0 Å². The van der Waals surface area contributed by atoms with Gasteiger partial charge in [0.2, 0.25) is 5.78 Å². The highest BCUT2D eigenvalue weighted by Gasteiger charge is 2.29. The number of nitrogens with zero attached hydrogens (tertiary/aromatic N) is 2. The summed E-state index contributed by atoms with van der Waals surface area (Å²) in [5, 5.41) is 9.73. The van der Waals surface area contributed by atoms with Crippen molar-refractivity contribution < 1.29 is 18.3 Å². The number of carbonyl (C=O) groups excluding carboxylic acids is 1. The van der Waals surface area contributed by atoms with Gasteiger partial charge in [-0.05, 0) is 56.7 Å². The number of carbonyl (C=O) groups is 1. The van der Waals surface area contributed by atoms with Gasteiger partial charge in [-0.2, -0.15) is 0 Å². The van der Waals surface area contributed by atoms with E-state index in [1.807, 2.05) is 32.9 Å². The first-order valence-electron chi connectivity index (χ1n) is 10.2. The van der Waals surface area contributed by atoms with E-state index in [0.717, 1.165) is 20.7 Å². The summed E-state index contributed by atoms with van der Waals surface area (Å²) in [4.78, 5) is 13.8. The van der Waals surface area contributed by atoms with E-state index < -0.39 is 15.8 Å². The molecule has 0 saturated heterocycles. The summed E-state index contributed by atoms with van der Waals surface area (Å²) >= 11 is 0. The minimum Gasteiger partial charge on any atom is -0.390 e. The fourth-order valence-corrected chi connectivity index (χ4v) is 5.16. The number of hydrogen-bond donors (Lipinski definition) is 1. The van der Waals surface area contributed by atoms with Crippen LogP contribution in [0.1, 0.15) is 38.4 Å². The number of hydrogen-bond acceptors (Lipinski definition) is 4. The van der Waals surface area contributed by atoms with Crippen LogP contribution in [0, 0.1) is 20.8 Å². The van der Waals surface area contributed by atoms with Crippen LogP contribution in [0.5, 0.6) is 0 Å². The van der Waals surface area contributed by atoms with Crippen molar-refractivity contribution in [1.29, 1.82) is 0 Å². The van der Waals surface area contributed by atoms with E-state index in [-0.39, 0.29) is 17.2 Å². The molecule has 0 aliphatic rings. The maximum absolute atomic E-state index is 13.7. The van der Waals surface area contributed by atoms with Crippen molar-refractivity contribution in [3.05, 3.63) is 107 Å². The lowest BCUT2D eigenvalue weighted by molar-refractivity contribution is 0.103. The van der Waals surface area contributed by atoms with E-state index in [4.69, 9.17) is 0 Å². The molecule has 0 atom stereocenters. The molecule has 0 spiro atoms. The van der Waals surface area contributed by atoms with Crippen LogP contribution in [-0.4, -0.2) is 27.8 Å². The fourth-order valence-electron chi connectivity index (χ4n) is 3.82. The Morgan fingerprint density at radius 3 is 2.25 bits per heavy atom. The summed E-state index contributed by atoms with van der Waals surface area (Å²) in [6.07, 6.45) is 3.09. The molecule has 4 aromatic rings. The molecule has 0 saturated carbocycles. The molecule has 2 aromatic carbocycles. The van der Waals surface area contributed by atoms with Crippen molar-refractivity contribution in [1.82, 2.24) is 8.54 Å². The highest BCUT2D eigenvalue weighted by Crippen LogP contribution is 2.28. The van der Waals surface area contributed by atoms with E-state index in [1.165, 1.54) is 18.3 Å². The smallest absolute Gasteiger partial charge is 0.268 e. The molecule has 7 heteroatoms. The van der Waals surface area contributed by atoms with Crippen molar-refractivity contribution in [2.24, 2.45) is 0 Å². The van der Waals surface area contributed by atoms with Crippen LogP contribution in [0.2, 0.25) is 0 Å². The standard InChI is InChI=1S/C25H24N2O4S/c1-17-6-9-21(10-7-17)32(30,31)27-14-12-23(26-13-4-5-20(26)16-28)24(27)25(29)22-11-8-18(2)15-19(22)3/h4-15,28H,16H2,1-3H3. The molecule has 0 aliphatic heterocycles. The second kappa shape index (κ2) is 8.26. The van der Waals surface area contributed by atoms with Gasteiger partial charge in [0, 0.05) is 23.7 Å². The van der Waals surface area contributed by atoms with Gasteiger partial charge in [0.05, 0.1) is 17.2 Å². The molecule has 2 aromatic heterocycles. The van der Waals surface area contributed by atoms with E-state index in [2.05, 4.69) is 0 Å². The zero-order valence-corrected chi connectivity index (χ0v) is 18.9. The Balaban J connectivity index is 1.98. The number of aryl methyl sites for hydroxylation is 3. The molecule has 0 aliphatic carbocycles. The Labute approximate surface area is 187 Å². The Hall–Kier alpha value is -3.42. The van der Waals surface area contributed by atoms with Gasteiger partial charge < -0.3 is 9.67 Å². The Morgan fingerprint density at radius 2 is 1.59 bits per heavy atom. The average Bonchev–Trinajstić information content (AvgIpc) is 3.40. The van der Waals surface area contributed by atoms with Crippen LogP contribution in [0.4, 0.5) is 0 Å². The third-order valence-corrected chi connectivity index (χ3v) is 7.19. The molecule has 1 N–H and O–H groups in total. The van der Waals surface area contributed by atoms with Crippen molar-refractivity contribution in [3.8, 4) is 5.69 Å². The molecule has 164 valence electrons. The molecule has 0 radical (unpaired) electrons. The van der Waals surface area contributed by atoms with E-state index in [1.54, 1.807) is 47.2 Å². The van der Waals surface area contributed by atoms with Crippen molar-refractivity contribution in [2.75, 3.05) is 0 Å². The van der Waals surface area contributed by atoms with Crippen LogP contribution in [0.3, 0.4) is 0 Å². The number of aromatic nitrogens is 2. The number of ketones is 1. The van der Waals surface area contributed by atoms with Crippen LogP contribution >= 0.6 is 0 Å². The Morgan fingerprint density at radius 1 is 0.906 bits per heavy atom. The summed E-state index contributed by atoms with van der Waals surface area (Å²) in [5.74, 6) is -0.407. The molecule has 0 unspecified atom stereocenters. The Bertz CT molecular complexity index is 1410. The second-order valence-electron chi connectivity index (χ2n) is 7.84. The first-order chi connectivity index (χ1) is 15.2. The third-order valence-electron chi connectivity index (χ3n) is 5.50. The van der Waals surface area contributed by atoms with Crippen LogP contribution < -0.4 is 0 Å². The molecular formula is C25H24N2O4S. The maximum Gasteiger partial charge on any atom is 0.268 e. The van der Waals surface area contributed by atoms with Gasteiger partial charge in [0.25, 0.3) is 10.0 Å². The average molecular weight is 449 g/mol. The molecule has 0 amide bonds. The predicted octanol–water partition coefficient (Wildman–Crippen LogP) is 4.16. The van der Waals surface area contributed by atoms with Gasteiger partial charge in [0.15, 0.2) is 0 Å². The number of aliphatic hydroxyl groups is 1. The van der Waals surface area contributed by atoms with Gasteiger partial charge in [-0.25, -0.2) is 12.4 Å². The SMILES string of the molecule is Cc1ccc(S(=O)(=O)n2ccc(-n3cccc3CO)c2C(=O)c2ccc(C)cc2C)cc1. The molecule has 2 heterocycles. The minimum atomic E-state index is -4.03. The minimum absolute atomic E-state index is 0.0171. The zero-order chi connectivity index (χ0) is 23.0. The fraction of sp³-hybridized carbons (Fsp3) is 0.160. The lowest BCUT2D eigenvalue weighted by atomic mass is 10.00. The molecule has 0 bridgehead atoms. The molecule has 0 fully saturated rings. The van der Waals surface area contributed by atoms with Gasteiger partial charge in [-0.1, -0.05) is 41.5 Å². The van der Waals surface area contributed by atoms with E-state index >= 15 is 0 Å². The van der Waals surface area contributed by atoms with E-state index in [9.17, 15) is 18.3 Å². The predicted molar refractivity (Wildman–Crippen MR) is 123 cm³/mol. The van der Waals surface area contributed by atoms with E-state index in [0.29, 0.717) is 16.9 Å². The second-order valence-corrected chi connectivity index (χ2v) is 9.65. The lowest BCUT2D eigenvalue weighted by Gasteiger charge is -2.15. The van der Waals surface area contributed by atoms with Crippen molar-refractivity contribution in [2.45, 2.75) is 32.3 Å². The molecule has 4 rings (SSSR count). The first kappa shape index (κ1) is 21.8. The lowest BCUT2D eigenvalue weighted by Crippen LogP contribution is -2.20. The maximum atomic E-state index is 13.7. The molecule has 6 nitrogen and oxygen atoms in total. The van der Waals surface area contributed by atoms with Crippen LogP contribution in [-0.2, 0) is 16.6 Å². The Kier molecular flexibility index (Phi) is 5.62. The zero-order valence-electron chi connectivity index (χ0n) is 18.1. The quantitative estimate of drug-likeness (QED) is 0.449. The van der Waals surface area contributed by atoms with Gasteiger partial charge in [-0.3, -0.25) is 4.79 Å². The molecular weight excluding hydrogens is 424 g/mol. The third kappa shape index (κ3) is 3.70. The summed E-state index contributed by atoms with van der Waals surface area (Å²) in [6, 6.07) is 17.0. The largest absolute Gasteiger partial charge is 0.390 e. The topological polar surface area (TPSA) is 81.3 Å². The van der Waals surface area contributed by atoms with Crippen LogP contribution in [0.25, 0.3) is 5.69 Å². The number of rotatable bonds is 6.